The van der Waals surface area contributed by atoms with Crippen molar-refractivity contribution in [3.63, 3.8) is 0 Å². The average molecular weight is 261 g/mol. The summed E-state index contributed by atoms with van der Waals surface area (Å²) >= 11 is 0. The van der Waals surface area contributed by atoms with Gasteiger partial charge >= 0.3 is 0 Å². The molecule has 1 aromatic rings. The molecule has 19 heavy (non-hydrogen) atoms. The Bertz CT molecular complexity index is 431. The summed E-state index contributed by atoms with van der Waals surface area (Å²) in [6, 6.07) is 7.91. The van der Waals surface area contributed by atoms with E-state index in [2.05, 4.69) is 11.0 Å². The highest BCUT2D eigenvalue weighted by molar-refractivity contribution is 5.96. The number of nitrogen functional groups attached to an aromatic ring is 1. The van der Waals surface area contributed by atoms with Crippen LogP contribution in [0.5, 0.6) is 0 Å². The van der Waals surface area contributed by atoms with Gasteiger partial charge in [0.2, 0.25) is 0 Å². The second-order valence-electron chi connectivity index (χ2n) is 5.03. The van der Waals surface area contributed by atoms with Crippen molar-refractivity contribution in [2.75, 3.05) is 19.7 Å². The van der Waals surface area contributed by atoms with Crippen molar-refractivity contribution in [3.8, 4) is 0 Å². The largest absolute Gasteiger partial charge is 0.384 e. The molecular formula is C15H23N3O. The smallest absolute Gasteiger partial charge is 0.123 e. The zero-order chi connectivity index (χ0) is 13.7. The molecule has 0 aromatic heterocycles. The first-order valence-corrected chi connectivity index (χ1v) is 6.97. The van der Waals surface area contributed by atoms with Gasteiger partial charge in [-0.05, 0) is 31.9 Å². The molecular weight excluding hydrogens is 238 g/mol. The molecule has 1 saturated heterocycles. The van der Waals surface area contributed by atoms with Gasteiger partial charge in [-0.3, -0.25) is 10.3 Å². The number of nitrogens with two attached hydrogens (primary N) is 1. The lowest BCUT2D eigenvalue weighted by molar-refractivity contribution is 0.00362. The molecule has 3 N–H and O–H groups in total. The second-order valence-corrected chi connectivity index (χ2v) is 5.03. The molecule has 1 heterocycles. The molecule has 1 aliphatic heterocycles. The summed E-state index contributed by atoms with van der Waals surface area (Å²) in [4.78, 5) is 2.39. The van der Waals surface area contributed by atoms with Gasteiger partial charge in [0, 0.05) is 25.3 Å². The minimum Gasteiger partial charge on any atom is -0.384 e. The number of piperidine rings is 1. The highest BCUT2D eigenvalue weighted by Crippen LogP contribution is 2.17. The van der Waals surface area contributed by atoms with Crippen molar-refractivity contribution in [3.05, 3.63) is 35.4 Å². The van der Waals surface area contributed by atoms with Gasteiger partial charge in [-0.15, -0.1) is 0 Å². The van der Waals surface area contributed by atoms with Gasteiger partial charge in [-0.1, -0.05) is 24.3 Å². The van der Waals surface area contributed by atoms with Gasteiger partial charge in [-0.2, -0.15) is 0 Å². The Kier molecular flexibility index (Phi) is 4.93. The van der Waals surface area contributed by atoms with E-state index in [9.17, 15) is 0 Å². The van der Waals surface area contributed by atoms with Crippen molar-refractivity contribution in [2.45, 2.75) is 32.4 Å². The third-order valence-corrected chi connectivity index (χ3v) is 3.57. The standard InChI is InChI=1S/C15H23N3O/c1-2-19-13-7-5-9-18(11-13)10-12-6-3-4-8-14(12)15(16)17/h3-4,6,8,13H,2,5,7,9-11H2,1H3,(H3,16,17). The summed E-state index contributed by atoms with van der Waals surface area (Å²) in [6.45, 7) is 5.74. The van der Waals surface area contributed by atoms with Crippen LogP contribution in [0.4, 0.5) is 0 Å². The van der Waals surface area contributed by atoms with Gasteiger partial charge in [0.25, 0.3) is 0 Å². The first-order valence-electron chi connectivity index (χ1n) is 6.97. The highest BCUT2D eigenvalue weighted by atomic mass is 16.5. The van der Waals surface area contributed by atoms with Crippen molar-refractivity contribution in [1.82, 2.24) is 4.90 Å². The van der Waals surface area contributed by atoms with Crippen molar-refractivity contribution < 1.29 is 4.74 Å². The SMILES string of the molecule is CCOC1CCCN(Cc2ccccc2C(=N)N)C1. The molecule has 1 aromatic carbocycles. The van der Waals surface area contributed by atoms with Crippen LogP contribution < -0.4 is 5.73 Å². The minimum atomic E-state index is 0.147. The zero-order valence-electron chi connectivity index (χ0n) is 11.6. The number of nitrogens with zero attached hydrogens (tertiary/aromatic N) is 1. The Morgan fingerprint density at radius 3 is 3.00 bits per heavy atom. The number of rotatable bonds is 5. The summed E-state index contributed by atoms with van der Waals surface area (Å²) in [6.07, 6.45) is 2.68. The molecule has 1 unspecified atom stereocenters. The van der Waals surface area contributed by atoms with E-state index in [1.165, 1.54) is 6.42 Å². The van der Waals surface area contributed by atoms with Crippen LogP contribution in [0.25, 0.3) is 0 Å². The number of likely N-dealkylation sites (tertiary alicyclic amines) is 1. The van der Waals surface area contributed by atoms with Gasteiger partial charge < -0.3 is 10.5 Å². The van der Waals surface area contributed by atoms with Crippen LogP contribution in [0, 0.1) is 5.41 Å². The van der Waals surface area contributed by atoms with E-state index >= 15 is 0 Å². The highest BCUT2D eigenvalue weighted by Gasteiger charge is 2.20. The fourth-order valence-electron chi connectivity index (χ4n) is 2.69. The Hall–Kier alpha value is -1.39. The Balaban J connectivity index is 2.02. The molecule has 0 spiro atoms. The lowest BCUT2D eigenvalue weighted by Gasteiger charge is -2.32. The maximum absolute atomic E-state index is 7.63. The first kappa shape index (κ1) is 14.0. The van der Waals surface area contributed by atoms with E-state index in [1.54, 1.807) is 0 Å². The van der Waals surface area contributed by atoms with E-state index in [0.29, 0.717) is 6.10 Å². The fraction of sp³-hybridized carbons (Fsp3) is 0.533. The van der Waals surface area contributed by atoms with Crippen LogP contribution in [0.1, 0.15) is 30.9 Å². The van der Waals surface area contributed by atoms with Gasteiger partial charge in [0.1, 0.15) is 5.84 Å². The fourth-order valence-corrected chi connectivity index (χ4v) is 2.69. The van der Waals surface area contributed by atoms with Crippen LogP contribution in [-0.4, -0.2) is 36.5 Å². The lowest BCUT2D eigenvalue weighted by Crippen LogP contribution is -2.39. The van der Waals surface area contributed by atoms with Crippen molar-refractivity contribution >= 4 is 5.84 Å². The summed E-state index contributed by atoms with van der Waals surface area (Å²) in [5.41, 5.74) is 7.61. The van der Waals surface area contributed by atoms with E-state index in [4.69, 9.17) is 15.9 Å². The van der Waals surface area contributed by atoms with Crippen LogP contribution in [0.2, 0.25) is 0 Å². The summed E-state index contributed by atoms with van der Waals surface area (Å²) in [5.74, 6) is 0.147. The third kappa shape index (κ3) is 3.78. The first-order chi connectivity index (χ1) is 9.20. The van der Waals surface area contributed by atoms with E-state index in [-0.39, 0.29) is 5.84 Å². The van der Waals surface area contributed by atoms with E-state index in [1.807, 2.05) is 25.1 Å². The van der Waals surface area contributed by atoms with Gasteiger partial charge in [0.05, 0.1) is 6.10 Å². The lowest BCUT2D eigenvalue weighted by atomic mass is 10.0. The number of ether oxygens (including phenoxy) is 1. The Morgan fingerprint density at radius 1 is 1.47 bits per heavy atom. The number of nitrogens with one attached hydrogen (secondary N) is 1. The van der Waals surface area contributed by atoms with E-state index < -0.39 is 0 Å². The van der Waals surface area contributed by atoms with Crippen LogP contribution in [0.15, 0.2) is 24.3 Å². The van der Waals surface area contributed by atoms with Crippen LogP contribution in [0.3, 0.4) is 0 Å². The molecule has 0 saturated carbocycles. The molecule has 1 fully saturated rings. The Labute approximate surface area is 115 Å². The molecule has 0 radical (unpaired) electrons. The van der Waals surface area contributed by atoms with Crippen LogP contribution >= 0.6 is 0 Å². The van der Waals surface area contributed by atoms with Crippen molar-refractivity contribution in [1.29, 1.82) is 5.41 Å². The predicted octanol–water partition coefficient (Wildman–Crippen LogP) is 1.97. The Morgan fingerprint density at radius 2 is 2.26 bits per heavy atom. The molecule has 0 bridgehead atoms. The molecule has 4 nitrogen and oxygen atoms in total. The third-order valence-electron chi connectivity index (χ3n) is 3.57. The molecule has 0 amide bonds. The predicted molar refractivity (Wildman–Crippen MR) is 77.4 cm³/mol. The topological polar surface area (TPSA) is 62.3 Å². The zero-order valence-corrected chi connectivity index (χ0v) is 11.6. The molecule has 0 aliphatic carbocycles. The summed E-state index contributed by atoms with van der Waals surface area (Å²) in [5, 5.41) is 7.63. The minimum absolute atomic E-state index is 0.147. The number of amidine groups is 1. The summed E-state index contributed by atoms with van der Waals surface area (Å²) < 4.78 is 5.72. The quantitative estimate of drug-likeness (QED) is 0.629. The number of benzene rings is 1. The van der Waals surface area contributed by atoms with Gasteiger partial charge in [0.15, 0.2) is 0 Å². The maximum Gasteiger partial charge on any atom is 0.123 e. The van der Waals surface area contributed by atoms with Gasteiger partial charge in [-0.25, -0.2) is 0 Å². The maximum atomic E-state index is 7.63. The number of hydrogen-bond acceptors (Lipinski definition) is 3. The normalized spacial score (nSPS) is 20.4. The van der Waals surface area contributed by atoms with Crippen LogP contribution in [-0.2, 0) is 11.3 Å². The van der Waals surface area contributed by atoms with Crippen molar-refractivity contribution in [2.24, 2.45) is 5.73 Å². The molecule has 1 atom stereocenters. The average Bonchev–Trinajstić information content (AvgIpc) is 2.40. The molecule has 4 heteroatoms. The molecule has 2 rings (SSSR count). The summed E-state index contributed by atoms with van der Waals surface area (Å²) in [7, 11) is 0. The van der Waals surface area contributed by atoms with E-state index in [0.717, 1.165) is 43.8 Å². The molecule has 104 valence electrons. The number of hydrogen-bond donors (Lipinski definition) is 2. The second kappa shape index (κ2) is 6.68. The monoisotopic (exact) mass is 261 g/mol. The molecule has 1 aliphatic rings.